The molecule has 1 unspecified atom stereocenters. The van der Waals surface area contributed by atoms with E-state index in [9.17, 15) is 0 Å². The molecule has 1 aromatic carbocycles. The molecule has 15 heavy (non-hydrogen) atoms. The molecule has 0 heterocycles. The van der Waals surface area contributed by atoms with Crippen molar-refractivity contribution in [3.8, 4) is 5.75 Å². The Labute approximate surface area is 96.4 Å². The zero-order valence-electron chi connectivity index (χ0n) is 9.29. The van der Waals surface area contributed by atoms with Gasteiger partial charge in [-0.25, -0.2) is 0 Å². The molecule has 0 fully saturated rings. The van der Waals surface area contributed by atoms with Gasteiger partial charge in [-0.05, 0) is 31.0 Å². The van der Waals surface area contributed by atoms with Gasteiger partial charge in [-0.15, -0.1) is 0 Å². The highest BCUT2D eigenvalue weighted by atomic mass is 35.5. The van der Waals surface area contributed by atoms with Crippen molar-refractivity contribution in [1.29, 1.82) is 0 Å². The van der Waals surface area contributed by atoms with Gasteiger partial charge in [0.15, 0.2) is 0 Å². The minimum absolute atomic E-state index is 0.205. The Morgan fingerprint density at radius 1 is 1.47 bits per heavy atom. The predicted molar refractivity (Wildman–Crippen MR) is 64.3 cm³/mol. The lowest BCUT2D eigenvalue weighted by atomic mass is 10.2. The second kappa shape index (κ2) is 5.99. The van der Waals surface area contributed by atoms with E-state index in [1.807, 2.05) is 18.2 Å². The second-order valence-electron chi connectivity index (χ2n) is 3.69. The summed E-state index contributed by atoms with van der Waals surface area (Å²) in [5, 5.41) is 0.640. The maximum Gasteiger partial charge on any atom is 0.138 e. The molecule has 2 nitrogen and oxygen atoms in total. The van der Waals surface area contributed by atoms with Gasteiger partial charge in [0, 0.05) is 6.54 Å². The zero-order valence-corrected chi connectivity index (χ0v) is 10.1. The minimum atomic E-state index is 0.205. The second-order valence-corrected chi connectivity index (χ2v) is 4.09. The first-order chi connectivity index (χ1) is 7.17. The van der Waals surface area contributed by atoms with E-state index in [1.54, 1.807) is 0 Å². The van der Waals surface area contributed by atoms with Crippen LogP contribution in [-0.2, 0) is 6.54 Å². The van der Waals surface area contributed by atoms with Gasteiger partial charge in [-0.2, -0.15) is 0 Å². The van der Waals surface area contributed by atoms with Crippen LogP contribution >= 0.6 is 11.6 Å². The molecule has 1 aromatic rings. The van der Waals surface area contributed by atoms with Gasteiger partial charge >= 0.3 is 0 Å². The summed E-state index contributed by atoms with van der Waals surface area (Å²) in [7, 11) is 0. The SMILES string of the molecule is CCCC(C)Oc1ccc(CN)cc1Cl. The van der Waals surface area contributed by atoms with Crippen molar-refractivity contribution >= 4 is 11.6 Å². The molecule has 1 rings (SSSR count). The largest absolute Gasteiger partial charge is 0.489 e. The number of hydrogen-bond acceptors (Lipinski definition) is 2. The first kappa shape index (κ1) is 12.3. The van der Waals surface area contributed by atoms with E-state index in [-0.39, 0.29) is 6.10 Å². The fraction of sp³-hybridized carbons (Fsp3) is 0.500. The monoisotopic (exact) mass is 227 g/mol. The van der Waals surface area contributed by atoms with Crippen molar-refractivity contribution in [3.05, 3.63) is 28.8 Å². The van der Waals surface area contributed by atoms with Crippen molar-refractivity contribution in [2.75, 3.05) is 0 Å². The Balaban J connectivity index is 2.69. The van der Waals surface area contributed by atoms with Crippen LogP contribution in [-0.4, -0.2) is 6.10 Å². The standard InChI is InChI=1S/C12H18ClNO/c1-3-4-9(2)15-12-6-5-10(8-14)7-11(12)13/h5-7,9H,3-4,8,14H2,1-2H3. The van der Waals surface area contributed by atoms with Crippen molar-refractivity contribution in [3.63, 3.8) is 0 Å². The van der Waals surface area contributed by atoms with Crippen LogP contribution in [0.15, 0.2) is 18.2 Å². The third kappa shape index (κ3) is 3.73. The molecular weight excluding hydrogens is 210 g/mol. The maximum absolute atomic E-state index is 6.07. The van der Waals surface area contributed by atoms with E-state index < -0.39 is 0 Å². The highest BCUT2D eigenvalue weighted by Gasteiger charge is 2.06. The van der Waals surface area contributed by atoms with Gasteiger partial charge in [0.1, 0.15) is 5.75 Å². The topological polar surface area (TPSA) is 35.2 Å². The van der Waals surface area contributed by atoms with Crippen LogP contribution in [0, 0.1) is 0 Å². The maximum atomic E-state index is 6.07. The Hall–Kier alpha value is -0.730. The molecule has 3 heteroatoms. The summed E-state index contributed by atoms with van der Waals surface area (Å²) in [6.07, 6.45) is 2.35. The fourth-order valence-corrected chi connectivity index (χ4v) is 1.70. The third-order valence-electron chi connectivity index (χ3n) is 2.26. The Morgan fingerprint density at radius 2 is 2.20 bits per heavy atom. The molecule has 0 aliphatic carbocycles. The summed E-state index contributed by atoms with van der Waals surface area (Å²) in [4.78, 5) is 0. The number of ether oxygens (including phenoxy) is 1. The normalized spacial score (nSPS) is 12.5. The number of nitrogens with two attached hydrogens (primary N) is 1. The lowest BCUT2D eigenvalue weighted by molar-refractivity contribution is 0.210. The Kier molecular flexibility index (Phi) is 4.92. The van der Waals surface area contributed by atoms with Crippen molar-refractivity contribution in [2.45, 2.75) is 39.3 Å². The average molecular weight is 228 g/mol. The van der Waals surface area contributed by atoms with Gasteiger partial charge < -0.3 is 10.5 Å². The van der Waals surface area contributed by atoms with Crippen LogP contribution in [0.4, 0.5) is 0 Å². The summed E-state index contributed by atoms with van der Waals surface area (Å²) in [5.41, 5.74) is 6.54. The van der Waals surface area contributed by atoms with E-state index in [4.69, 9.17) is 22.1 Å². The summed E-state index contributed by atoms with van der Waals surface area (Å²) in [6.45, 7) is 4.69. The van der Waals surface area contributed by atoms with Gasteiger partial charge in [0.25, 0.3) is 0 Å². The van der Waals surface area contributed by atoms with Crippen molar-refractivity contribution in [1.82, 2.24) is 0 Å². The average Bonchev–Trinajstić information content (AvgIpc) is 2.21. The zero-order chi connectivity index (χ0) is 11.3. The molecule has 0 aliphatic rings. The van der Waals surface area contributed by atoms with Gasteiger partial charge in [0.2, 0.25) is 0 Å². The highest BCUT2D eigenvalue weighted by molar-refractivity contribution is 6.32. The number of halogens is 1. The van der Waals surface area contributed by atoms with E-state index in [0.717, 1.165) is 24.2 Å². The van der Waals surface area contributed by atoms with Crippen LogP contribution in [0.1, 0.15) is 32.3 Å². The lowest BCUT2D eigenvalue weighted by Gasteiger charge is -2.15. The molecule has 0 aliphatic heterocycles. The molecule has 0 saturated heterocycles. The molecule has 0 bridgehead atoms. The van der Waals surface area contributed by atoms with Crippen LogP contribution in [0.2, 0.25) is 5.02 Å². The molecule has 2 N–H and O–H groups in total. The van der Waals surface area contributed by atoms with Crippen LogP contribution < -0.4 is 10.5 Å². The smallest absolute Gasteiger partial charge is 0.138 e. The van der Waals surface area contributed by atoms with Crippen LogP contribution in [0.25, 0.3) is 0 Å². The van der Waals surface area contributed by atoms with Gasteiger partial charge in [-0.3, -0.25) is 0 Å². The van der Waals surface area contributed by atoms with Crippen LogP contribution in [0.3, 0.4) is 0 Å². The summed E-state index contributed by atoms with van der Waals surface area (Å²) < 4.78 is 5.71. The summed E-state index contributed by atoms with van der Waals surface area (Å²) in [6, 6.07) is 5.69. The number of hydrogen-bond donors (Lipinski definition) is 1. The molecule has 1 atom stereocenters. The van der Waals surface area contributed by atoms with Crippen molar-refractivity contribution < 1.29 is 4.74 Å². The highest BCUT2D eigenvalue weighted by Crippen LogP contribution is 2.26. The van der Waals surface area contributed by atoms with E-state index >= 15 is 0 Å². The molecule has 0 radical (unpaired) electrons. The van der Waals surface area contributed by atoms with E-state index in [2.05, 4.69) is 13.8 Å². The third-order valence-corrected chi connectivity index (χ3v) is 2.55. The minimum Gasteiger partial charge on any atom is -0.489 e. The molecule has 0 aromatic heterocycles. The van der Waals surface area contributed by atoms with Gasteiger partial charge in [0.05, 0.1) is 11.1 Å². The molecular formula is C12H18ClNO. The number of rotatable bonds is 5. The van der Waals surface area contributed by atoms with Crippen LogP contribution in [0.5, 0.6) is 5.75 Å². The van der Waals surface area contributed by atoms with Crippen molar-refractivity contribution in [2.24, 2.45) is 5.73 Å². The fourth-order valence-electron chi connectivity index (χ4n) is 1.45. The Morgan fingerprint density at radius 3 is 2.73 bits per heavy atom. The molecule has 0 amide bonds. The number of benzene rings is 1. The quantitative estimate of drug-likeness (QED) is 0.837. The molecule has 84 valence electrons. The predicted octanol–water partition coefficient (Wildman–Crippen LogP) is 3.37. The van der Waals surface area contributed by atoms with E-state index in [0.29, 0.717) is 11.6 Å². The summed E-state index contributed by atoms with van der Waals surface area (Å²) in [5.74, 6) is 0.745. The first-order valence-electron chi connectivity index (χ1n) is 5.32. The Bertz CT molecular complexity index is 314. The summed E-state index contributed by atoms with van der Waals surface area (Å²) >= 11 is 6.07. The van der Waals surface area contributed by atoms with E-state index in [1.165, 1.54) is 0 Å². The van der Waals surface area contributed by atoms with Gasteiger partial charge in [-0.1, -0.05) is 31.0 Å². The first-order valence-corrected chi connectivity index (χ1v) is 5.70. The molecule has 0 saturated carbocycles. The molecule has 0 spiro atoms. The lowest BCUT2D eigenvalue weighted by Crippen LogP contribution is -2.11.